The van der Waals surface area contributed by atoms with E-state index in [0.717, 1.165) is 10.0 Å². The molecule has 1 aromatic heterocycles. The molecular formula is C25H20BrClN4O4. The van der Waals surface area contributed by atoms with Crippen molar-refractivity contribution in [2.24, 2.45) is 5.10 Å². The fourth-order valence-corrected chi connectivity index (χ4v) is 4.07. The first-order valence-corrected chi connectivity index (χ1v) is 11.8. The van der Waals surface area contributed by atoms with Crippen LogP contribution < -0.4 is 10.3 Å². The van der Waals surface area contributed by atoms with Crippen LogP contribution in [0.4, 0.5) is 5.69 Å². The molecule has 0 saturated carbocycles. The first-order chi connectivity index (χ1) is 16.7. The van der Waals surface area contributed by atoms with Crippen molar-refractivity contribution >= 4 is 50.3 Å². The second-order valence-electron chi connectivity index (χ2n) is 8.02. The van der Waals surface area contributed by atoms with Gasteiger partial charge in [0.25, 0.3) is 5.56 Å². The van der Waals surface area contributed by atoms with Crippen molar-refractivity contribution in [3.8, 4) is 5.75 Å². The second kappa shape index (κ2) is 10.4. The Balaban J connectivity index is 1.84. The fourth-order valence-electron chi connectivity index (χ4n) is 3.49. The number of hydrogen-bond acceptors (Lipinski definition) is 6. The van der Waals surface area contributed by atoms with Crippen molar-refractivity contribution in [2.75, 3.05) is 0 Å². The molecule has 35 heavy (non-hydrogen) atoms. The summed E-state index contributed by atoms with van der Waals surface area (Å²) in [4.78, 5) is 29.1. The fraction of sp³-hybridized carbons (Fsp3) is 0.160. The lowest BCUT2D eigenvalue weighted by atomic mass is 10.1. The Morgan fingerprint density at radius 3 is 2.63 bits per heavy atom. The molecule has 0 saturated heterocycles. The zero-order chi connectivity index (χ0) is 25.1. The SMILES string of the molecule is CC(C)c1nc2ccc(Br)cc2c(=O)n1N=Cc1cc(Cl)cc([N+](=O)[O-])c1OCc1ccccc1. The average molecular weight is 556 g/mol. The maximum absolute atomic E-state index is 13.3. The molecule has 0 radical (unpaired) electrons. The molecule has 0 fully saturated rings. The Kier molecular flexibility index (Phi) is 7.28. The van der Waals surface area contributed by atoms with Crippen LogP contribution in [-0.4, -0.2) is 20.8 Å². The van der Waals surface area contributed by atoms with Gasteiger partial charge < -0.3 is 4.74 Å². The smallest absolute Gasteiger partial charge is 0.313 e. The number of nitrogens with zero attached hydrogens (tertiary/aromatic N) is 4. The van der Waals surface area contributed by atoms with Crippen LogP contribution in [0.2, 0.25) is 5.02 Å². The quantitative estimate of drug-likeness (QED) is 0.151. The third-order valence-corrected chi connectivity index (χ3v) is 5.86. The summed E-state index contributed by atoms with van der Waals surface area (Å²) in [5.74, 6) is 0.336. The maximum atomic E-state index is 13.3. The third kappa shape index (κ3) is 5.41. The standard InChI is InChI=1S/C25H20BrClN4O4/c1-15(2)24-29-21-9-8-18(26)11-20(21)25(32)30(24)28-13-17-10-19(27)12-22(31(33)34)23(17)35-14-16-6-4-3-5-7-16/h3-13,15H,14H2,1-2H3. The van der Waals surface area contributed by atoms with Gasteiger partial charge in [0.1, 0.15) is 12.4 Å². The zero-order valence-corrected chi connectivity index (χ0v) is 21.2. The van der Waals surface area contributed by atoms with Crippen LogP contribution in [0.1, 0.15) is 36.7 Å². The van der Waals surface area contributed by atoms with Gasteiger partial charge in [-0.1, -0.05) is 71.7 Å². The van der Waals surface area contributed by atoms with Crippen molar-refractivity contribution in [1.29, 1.82) is 0 Å². The molecule has 0 bridgehead atoms. The van der Waals surface area contributed by atoms with Crippen molar-refractivity contribution in [1.82, 2.24) is 9.66 Å². The molecule has 0 aliphatic carbocycles. The molecule has 0 aliphatic heterocycles. The highest BCUT2D eigenvalue weighted by atomic mass is 79.9. The minimum Gasteiger partial charge on any atom is -0.481 e. The highest BCUT2D eigenvalue weighted by Crippen LogP contribution is 2.34. The number of benzene rings is 3. The Labute approximate surface area is 214 Å². The molecule has 178 valence electrons. The van der Waals surface area contributed by atoms with Crippen molar-refractivity contribution < 1.29 is 9.66 Å². The summed E-state index contributed by atoms with van der Waals surface area (Å²) in [6.07, 6.45) is 1.33. The minimum absolute atomic E-state index is 0.00245. The Morgan fingerprint density at radius 2 is 1.94 bits per heavy atom. The van der Waals surface area contributed by atoms with Crippen LogP contribution in [0.15, 0.2) is 75.0 Å². The van der Waals surface area contributed by atoms with Crippen LogP contribution in [0.25, 0.3) is 10.9 Å². The Morgan fingerprint density at radius 1 is 1.20 bits per heavy atom. The van der Waals surface area contributed by atoms with Gasteiger partial charge in [0.15, 0.2) is 0 Å². The van der Waals surface area contributed by atoms with Crippen molar-refractivity contribution in [2.45, 2.75) is 26.4 Å². The minimum atomic E-state index is -0.565. The summed E-state index contributed by atoms with van der Waals surface area (Å²) in [5, 5.41) is 16.6. The van der Waals surface area contributed by atoms with Crippen LogP contribution >= 0.6 is 27.5 Å². The molecule has 0 atom stereocenters. The number of rotatable bonds is 7. The van der Waals surface area contributed by atoms with Gasteiger partial charge in [-0.15, -0.1) is 0 Å². The number of hydrogen-bond donors (Lipinski definition) is 0. The maximum Gasteiger partial charge on any atom is 0.313 e. The van der Waals surface area contributed by atoms with Gasteiger partial charge in [0, 0.05) is 27.0 Å². The molecule has 4 aromatic rings. The predicted octanol–water partition coefficient (Wildman–Crippen LogP) is 6.31. The van der Waals surface area contributed by atoms with Gasteiger partial charge in [-0.2, -0.15) is 9.78 Å². The van der Waals surface area contributed by atoms with Gasteiger partial charge in [0.2, 0.25) is 5.75 Å². The van der Waals surface area contributed by atoms with E-state index in [1.54, 1.807) is 12.1 Å². The lowest BCUT2D eigenvalue weighted by Gasteiger charge is -2.13. The Hall–Kier alpha value is -3.56. The van der Waals surface area contributed by atoms with Crippen LogP contribution in [0.3, 0.4) is 0 Å². The first-order valence-electron chi connectivity index (χ1n) is 10.7. The van der Waals surface area contributed by atoms with E-state index in [1.807, 2.05) is 50.2 Å². The second-order valence-corrected chi connectivity index (χ2v) is 9.37. The summed E-state index contributed by atoms with van der Waals surface area (Å²) in [6, 6.07) is 17.2. The molecular weight excluding hydrogens is 536 g/mol. The number of nitro groups is 1. The lowest BCUT2D eigenvalue weighted by molar-refractivity contribution is -0.385. The monoisotopic (exact) mass is 554 g/mol. The summed E-state index contributed by atoms with van der Waals surface area (Å²) in [6.45, 7) is 3.90. The van der Waals surface area contributed by atoms with Gasteiger partial charge in [-0.25, -0.2) is 4.98 Å². The molecule has 0 spiro atoms. The van der Waals surface area contributed by atoms with Gasteiger partial charge in [0.05, 0.1) is 22.0 Å². The molecule has 0 N–H and O–H groups in total. The molecule has 4 rings (SSSR count). The topological polar surface area (TPSA) is 99.6 Å². The number of nitro benzene ring substituents is 1. The van der Waals surface area contributed by atoms with Crippen LogP contribution in [0.5, 0.6) is 5.75 Å². The molecule has 0 unspecified atom stereocenters. The summed E-state index contributed by atoms with van der Waals surface area (Å²) in [7, 11) is 0. The highest BCUT2D eigenvalue weighted by molar-refractivity contribution is 9.10. The number of ether oxygens (including phenoxy) is 1. The number of fused-ring (bicyclic) bond motifs is 1. The van der Waals surface area contributed by atoms with Crippen molar-refractivity contribution in [3.05, 3.63) is 108 Å². The van der Waals surface area contributed by atoms with Crippen LogP contribution in [-0.2, 0) is 6.61 Å². The molecule has 0 aliphatic rings. The predicted molar refractivity (Wildman–Crippen MR) is 140 cm³/mol. The molecule has 8 nitrogen and oxygen atoms in total. The highest BCUT2D eigenvalue weighted by Gasteiger charge is 2.21. The number of aromatic nitrogens is 2. The van der Waals surface area contributed by atoms with E-state index in [1.165, 1.54) is 23.0 Å². The van der Waals surface area contributed by atoms with Crippen molar-refractivity contribution in [3.63, 3.8) is 0 Å². The van der Waals surface area contributed by atoms with E-state index >= 15 is 0 Å². The Bertz CT molecular complexity index is 1500. The zero-order valence-electron chi connectivity index (χ0n) is 18.8. The lowest BCUT2D eigenvalue weighted by Crippen LogP contribution is -2.23. The number of halogens is 2. The molecule has 3 aromatic carbocycles. The van der Waals surface area contributed by atoms with E-state index in [4.69, 9.17) is 16.3 Å². The third-order valence-electron chi connectivity index (χ3n) is 5.15. The van der Waals surface area contributed by atoms with E-state index in [2.05, 4.69) is 26.0 Å². The summed E-state index contributed by atoms with van der Waals surface area (Å²) in [5.41, 5.74) is 0.989. The summed E-state index contributed by atoms with van der Waals surface area (Å²) >= 11 is 9.55. The molecule has 0 amide bonds. The first kappa shape index (κ1) is 24.6. The largest absolute Gasteiger partial charge is 0.481 e. The van der Waals surface area contributed by atoms with E-state index in [0.29, 0.717) is 16.7 Å². The van der Waals surface area contributed by atoms with Crippen LogP contribution in [0, 0.1) is 10.1 Å². The molecule has 10 heteroatoms. The normalized spacial score (nSPS) is 11.5. The van der Waals surface area contributed by atoms with E-state index < -0.39 is 4.92 Å². The van der Waals surface area contributed by atoms with E-state index in [-0.39, 0.29) is 40.1 Å². The average Bonchev–Trinajstić information content (AvgIpc) is 2.83. The van der Waals surface area contributed by atoms with Gasteiger partial charge in [-0.3, -0.25) is 14.9 Å². The van der Waals surface area contributed by atoms with Gasteiger partial charge in [-0.05, 0) is 29.8 Å². The summed E-state index contributed by atoms with van der Waals surface area (Å²) < 4.78 is 7.79. The van der Waals surface area contributed by atoms with Gasteiger partial charge >= 0.3 is 5.69 Å². The molecule has 1 heterocycles. The van der Waals surface area contributed by atoms with E-state index in [9.17, 15) is 14.9 Å².